The quantitative estimate of drug-likeness (QED) is 0.798. The topological polar surface area (TPSA) is 46.9 Å². The molecule has 0 saturated carbocycles. The molecule has 1 N–H and O–H groups in total. The molecule has 0 aliphatic rings. The molecule has 2 aromatic rings. The van der Waals surface area contributed by atoms with Gasteiger partial charge in [0.15, 0.2) is 0 Å². The van der Waals surface area contributed by atoms with Gasteiger partial charge in [0.1, 0.15) is 0 Å². The average Bonchev–Trinajstić information content (AvgIpc) is 3.02. The van der Waals surface area contributed by atoms with Gasteiger partial charge in [0, 0.05) is 18.6 Å². The van der Waals surface area contributed by atoms with Gasteiger partial charge in [-0.05, 0) is 24.5 Å². The smallest absolute Gasteiger partial charge is 0.254 e. The summed E-state index contributed by atoms with van der Waals surface area (Å²) in [5.41, 5.74) is 1.50. The van der Waals surface area contributed by atoms with E-state index in [2.05, 4.69) is 17.3 Å². The zero-order valence-electron chi connectivity index (χ0n) is 12.1. The molecule has 1 heterocycles. The Bertz CT molecular complexity index is 568. The van der Waals surface area contributed by atoms with Crippen molar-refractivity contribution in [1.29, 1.82) is 0 Å². The van der Waals surface area contributed by atoms with Gasteiger partial charge in [-0.15, -0.1) is 11.6 Å². The first-order valence-electron chi connectivity index (χ1n) is 7.18. The van der Waals surface area contributed by atoms with Crippen molar-refractivity contribution >= 4 is 17.5 Å². The van der Waals surface area contributed by atoms with Crippen LogP contribution in [0.1, 0.15) is 30.1 Å². The van der Waals surface area contributed by atoms with E-state index in [0.717, 1.165) is 18.5 Å². The highest BCUT2D eigenvalue weighted by Crippen LogP contribution is 2.10. The SMILES string of the molecule is CCC(CCCl)CNC(=O)c1cnn(-c2ccccc2)c1. The van der Waals surface area contributed by atoms with Crippen molar-refractivity contribution in [2.24, 2.45) is 5.92 Å². The van der Waals surface area contributed by atoms with E-state index >= 15 is 0 Å². The molecule has 1 amide bonds. The number of rotatable bonds is 7. The lowest BCUT2D eigenvalue weighted by molar-refractivity contribution is 0.0946. The summed E-state index contributed by atoms with van der Waals surface area (Å²) in [6.07, 6.45) is 5.26. The van der Waals surface area contributed by atoms with Gasteiger partial charge >= 0.3 is 0 Å². The summed E-state index contributed by atoms with van der Waals surface area (Å²) in [7, 11) is 0. The van der Waals surface area contributed by atoms with Crippen molar-refractivity contribution < 1.29 is 4.79 Å². The lowest BCUT2D eigenvalue weighted by Gasteiger charge is -2.13. The minimum atomic E-state index is -0.0924. The largest absolute Gasteiger partial charge is 0.352 e. The molecule has 0 aliphatic carbocycles. The van der Waals surface area contributed by atoms with Crippen LogP contribution in [-0.4, -0.2) is 28.1 Å². The van der Waals surface area contributed by atoms with Crippen LogP contribution in [0.3, 0.4) is 0 Å². The number of carbonyl (C=O) groups is 1. The molecule has 4 nitrogen and oxygen atoms in total. The summed E-state index contributed by atoms with van der Waals surface area (Å²) in [4.78, 5) is 12.1. The van der Waals surface area contributed by atoms with Gasteiger partial charge in [0.25, 0.3) is 5.91 Å². The molecule has 0 radical (unpaired) electrons. The van der Waals surface area contributed by atoms with Crippen LogP contribution in [-0.2, 0) is 0 Å². The second-order valence-corrected chi connectivity index (χ2v) is 5.35. The molecule has 1 aromatic heterocycles. The van der Waals surface area contributed by atoms with Gasteiger partial charge in [-0.25, -0.2) is 4.68 Å². The van der Waals surface area contributed by atoms with E-state index in [1.54, 1.807) is 17.1 Å². The summed E-state index contributed by atoms with van der Waals surface area (Å²) in [6, 6.07) is 9.72. The number of carbonyl (C=O) groups excluding carboxylic acids is 1. The molecule has 0 fully saturated rings. The van der Waals surface area contributed by atoms with E-state index in [-0.39, 0.29) is 5.91 Å². The van der Waals surface area contributed by atoms with Crippen LogP contribution < -0.4 is 5.32 Å². The molecule has 1 unspecified atom stereocenters. The zero-order valence-corrected chi connectivity index (χ0v) is 12.9. The number of benzene rings is 1. The number of amides is 1. The molecule has 5 heteroatoms. The summed E-state index contributed by atoms with van der Waals surface area (Å²) >= 11 is 5.75. The van der Waals surface area contributed by atoms with Gasteiger partial charge in [-0.3, -0.25) is 4.79 Å². The predicted octanol–water partition coefficient (Wildman–Crippen LogP) is 3.26. The van der Waals surface area contributed by atoms with Crippen LogP contribution in [0.15, 0.2) is 42.7 Å². The second-order valence-electron chi connectivity index (χ2n) is 4.97. The molecule has 2 rings (SSSR count). The fourth-order valence-electron chi connectivity index (χ4n) is 2.11. The summed E-state index contributed by atoms with van der Waals surface area (Å²) in [5.74, 6) is 0.959. The van der Waals surface area contributed by atoms with Crippen molar-refractivity contribution in [3.05, 3.63) is 48.3 Å². The monoisotopic (exact) mass is 305 g/mol. The molecule has 21 heavy (non-hydrogen) atoms. The Kier molecular flexibility index (Phi) is 5.81. The van der Waals surface area contributed by atoms with Crippen LogP contribution in [0.2, 0.25) is 0 Å². The van der Waals surface area contributed by atoms with Crippen molar-refractivity contribution in [2.45, 2.75) is 19.8 Å². The van der Waals surface area contributed by atoms with Crippen LogP contribution in [0, 0.1) is 5.92 Å². The minimum absolute atomic E-state index is 0.0924. The molecular weight excluding hydrogens is 286 g/mol. The molecule has 0 spiro atoms. The number of para-hydroxylation sites is 1. The molecular formula is C16H20ClN3O. The van der Waals surface area contributed by atoms with E-state index in [4.69, 9.17) is 11.6 Å². The number of hydrogen-bond donors (Lipinski definition) is 1. The third-order valence-electron chi connectivity index (χ3n) is 3.51. The first-order chi connectivity index (χ1) is 10.2. The first-order valence-corrected chi connectivity index (χ1v) is 7.72. The summed E-state index contributed by atoms with van der Waals surface area (Å²) in [6.45, 7) is 2.76. The maximum atomic E-state index is 12.1. The molecule has 0 aliphatic heterocycles. The number of hydrogen-bond acceptors (Lipinski definition) is 2. The minimum Gasteiger partial charge on any atom is -0.352 e. The van der Waals surface area contributed by atoms with Crippen LogP contribution in [0.5, 0.6) is 0 Å². The lowest BCUT2D eigenvalue weighted by Crippen LogP contribution is -2.29. The maximum absolute atomic E-state index is 12.1. The summed E-state index contributed by atoms with van der Waals surface area (Å²) in [5, 5.41) is 7.17. The molecule has 112 valence electrons. The van der Waals surface area contributed by atoms with Gasteiger partial charge in [-0.1, -0.05) is 31.5 Å². The maximum Gasteiger partial charge on any atom is 0.254 e. The lowest BCUT2D eigenvalue weighted by atomic mass is 10.0. The Labute approximate surface area is 130 Å². The highest BCUT2D eigenvalue weighted by Gasteiger charge is 2.12. The fraction of sp³-hybridized carbons (Fsp3) is 0.375. The standard InChI is InChI=1S/C16H20ClN3O/c1-2-13(8-9-17)10-18-16(21)14-11-19-20(12-14)15-6-4-3-5-7-15/h3-7,11-13H,2,8-10H2,1H3,(H,18,21). The third-order valence-corrected chi connectivity index (χ3v) is 3.73. The number of halogens is 1. The van der Waals surface area contributed by atoms with E-state index in [9.17, 15) is 4.79 Å². The van der Waals surface area contributed by atoms with E-state index in [0.29, 0.717) is 23.9 Å². The van der Waals surface area contributed by atoms with Gasteiger partial charge in [0.2, 0.25) is 0 Å². The Hall–Kier alpha value is -1.81. The molecule has 1 aromatic carbocycles. The molecule has 1 atom stereocenters. The third kappa shape index (κ3) is 4.33. The van der Waals surface area contributed by atoms with Gasteiger partial charge < -0.3 is 5.32 Å². The fourth-order valence-corrected chi connectivity index (χ4v) is 2.41. The highest BCUT2D eigenvalue weighted by atomic mass is 35.5. The van der Waals surface area contributed by atoms with Crippen LogP contribution in [0.4, 0.5) is 0 Å². The Morgan fingerprint density at radius 3 is 2.81 bits per heavy atom. The first kappa shape index (κ1) is 15.6. The van der Waals surface area contributed by atoms with Crippen molar-refractivity contribution in [3.8, 4) is 5.69 Å². The highest BCUT2D eigenvalue weighted by molar-refractivity contribution is 6.17. The average molecular weight is 306 g/mol. The Balaban J connectivity index is 1.96. The Morgan fingerprint density at radius 2 is 2.14 bits per heavy atom. The second kappa shape index (κ2) is 7.84. The van der Waals surface area contributed by atoms with Gasteiger partial charge in [0.05, 0.1) is 17.4 Å². The van der Waals surface area contributed by atoms with Gasteiger partial charge in [-0.2, -0.15) is 5.10 Å². The normalized spacial score (nSPS) is 12.1. The van der Waals surface area contributed by atoms with E-state index in [1.165, 1.54) is 0 Å². The van der Waals surface area contributed by atoms with Crippen LogP contribution in [0.25, 0.3) is 5.69 Å². The predicted molar refractivity (Wildman–Crippen MR) is 85.0 cm³/mol. The number of nitrogens with zero attached hydrogens (tertiary/aromatic N) is 2. The van der Waals surface area contributed by atoms with Crippen molar-refractivity contribution in [2.75, 3.05) is 12.4 Å². The molecule has 0 bridgehead atoms. The number of alkyl halides is 1. The summed E-state index contributed by atoms with van der Waals surface area (Å²) < 4.78 is 1.70. The van der Waals surface area contributed by atoms with E-state index < -0.39 is 0 Å². The van der Waals surface area contributed by atoms with Crippen molar-refractivity contribution in [3.63, 3.8) is 0 Å². The Morgan fingerprint density at radius 1 is 1.38 bits per heavy atom. The van der Waals surface area contributed by atoms with E-state index in [1.807, 2.05) is 30.3 Å². The van der Waals surface area contributed by atoms with Crippen molar-refractivity contribution in [1.82, 2.24) is 15.1 Å². The number of nitrogens with one attached hydrogen (secondary N) is 1. The molecule has 0 saturated heterocycles. The number of aromatic nitrogens is 2. The van der Waals surface area contributed by atoms with Crippen LogP contribution >= 0.6 is 11.6 Å². The zero-order chi connectivity index (χ0) is 15.1.